The Morgan fingerprint density at radius 2 is 2.05 bits per heavy atom. The maximum Gasteiger partial charge on any atom is 0.259 e. The van der Waals surface area contributed by atoms with Gasteiger partial charge in [0.15, 0.2) is 18.1 Å². The molecule has 0 aliphatic carbocycles. The average molecular weight is 280 g/mol. The third-order valence-corrected chi connectivity index (χ3v) is 3.10. The van der Waals surface area contributed by atoms with Crippen molar-refractivity contribution in [1.29, 1.82) is 0 Å². The van der Waals surface area contributed by atoms with Crippen molar-refractivity contribution in [2.75, 3.05) is 27.8 Å². The van der Waals surface area contributed by atoms with E-state index in [4.69, 9.17) is 15.2 Å². The summed E-state index contributed by atoms with van der Waals surface area (Å²) >= 11 is 0. The Bertz CT molecular complexity index is 447. The van der Waals surface area contributed by atoms with Crippen molar-refractivity contribution < 1.29 is 14.3 Å². The summed E-state index contributed by atoms with van der Waals surface area (Å²) in [6, 6.07) is 5.82. The second kappa shape index (κ2) is 7.75. The van der Waals surface area contributed by atoms with Crippen LogP contribution in [0.3, 0.4) is 0 Å². The summed E-state index contributed by atoms with van der Waals surface area (Å²) in [4.78, 5) is 13.0. The van der Waals surface area contributed by atoms with Gasteiger partial charge in [0.25, 0.3) is 5.91 Å². The quantitative estimate of drug-likeness (QED) is 0.821. The molecular formula is C15H24N2O3. The van der Waals surface area contributed by atoms with E-state index in [0.717, 1.165) is 18.4 Å². The summed E-state index contributed by atoms with van der Waals surface area (Å²) in [5.41, 5.74) is 7.04. The van der Waals surface area contributed by atoms with Gasteiger partial charge in [0, 0.05) is 20.1 Å². The van der Waals surface area contributed by atoms with E-state index >= 15 is 0 Å². The largest absolute Gasteiger partial charge is 0.493 e. The molecule has 2 N–H and O–H groups in total. The molecule has 0 saturated carbocycles. The maximum absolute atomic E-state index is 11.5. The Morgan fingerprint density at radius 3 is 2.60 bits per heavy atom. The highest BCUT2D eigenvalue weighted by molar-refractivity contribution is 5.77. The van der Waals surface area contributed by atoms with Crippen molar-refractivity contribution in [3.63, 3.8) is 0 Å². The lowest BCUT2D eigenvalue weighted by molar-refractivity contribution is -0.130. The molecular weight excluding hydrogens is 256 g/mol. The summed E-state index contributed by atoms with van der Waals surface area (Å²) in [5, 5.41) is 0. The summed E-state index contributed by atoms with van der Waals surface area (Å²) in [5.74, 6) is 1.10. The molecule has 0 aliphatic rings. The summed E-state index contributed by atoms with van der Waals surface area (Å²) in [6.45, 7) is 2.06. The molecule has 0 bridgehead atoms. The van der Waals surface area contributed by atoms with E-state index < -0.39 is 0 Å². The van der Waals surface area contributed by atoms with Crippen molar-refractivity contribution in [3.05, 3.63) is 23.8 Å². The number of carbonyl (C=O) groups is 1. The van der Waals surface area contributed by atoms with E-state index in [1.54, 1.807) is 21.2 Å². The Morgan fingerprint density at radius 1 is 1.35 bits per heavy atom. The first-order valence-electron chi connectivity index (χ1n) is 6.73. The fraction of sp³-hybridized carbons (Fsp3) is 0.533. The molecule has 0 aliphatic heterocycles. The molecule has 1 amide bonds. The first kappa shape index (κ1) is 16.3. The molecule has 112 valence electrons. The summed E-state index contributed by atoms with van der Waals surface area (Å²) in [7, 11) is 4.97. The minimum Gasteiger partial charge on any atom is -0.493 e. The van der Waals surface area contributed by atoms with Crippen LogP contribution in [0.2, 0.25) is 0 Å². The number of hydrogen-bond acceptors (Lipinski definition) is 4. The van der Waals surface area contributed by atoms with Gasteiger partial charge in [-0.2, -0.15) is 0 Å². The van der Waals surface area contributed by atoms with Crippen LogP contribution < -0.4 is 15.2 Å². The zero-order chi connectivity index (χ0) is 15.1. The average Bonchev–Trinajstić information content (AvgIpc) is 2.44. The fourth-order valence-electron chi connectivity index (χ4n) is 1.67. The molecule has 1 aromatic carbocycles. The Labute approximate surface area is 120 Å². The number of rotatable bonds is 7. The van der Waals surface area contributed by atoms with Crippen molar-refractivity contribution in [3.8, 4) is 11.5 Å². The molecule has 20 heavy (non-hydrogen) atoms. The standard InChI is InChI=1S/C15H24N2O3/c1-5-12(16)8-11-6-7-13(14(9-11)19-4)20-10-15(18)17(2)3/h6-7,9,12H,5,8,10,16H2,1-4H3. The van der Waals surface area contributed by atoms with E-state index in [1.807, 2.05) is 18.2 Å². The van der Waals surface area contributed by atoms with Gasteiger partial charge in [-0.3, -0.25) is 4.79 Å². The molecule has 0 fully saturated rings. The number of nitrogens with zero attached hydrogens (tertiary/aromatic N) is 1. The number of hydrogen-bond donors (Lipinski definition) is 1. The van der Waals surface area contributed by atoms with Gasteiger partial charge in [0.05, 0.1) is 7.11 Å². The zero-order valence-corrected chi connectivity index (χ0v) is 12.7. The number of ether oxygens (including phenoxy) is 2. The molecule has 0 saturated heterocycles. The number of methoxy groups -OCH3 is 1. The minimum atomic E-state index is -0.0934. The molecule has 0 spiro atoms. The van der Waals surface area contributed by atoms with Gasteiger partial charge >= 0.3 is 0 Å². The van der Waals surface area contributed by atoms with Crippen LogP contribution in [0.15, 0.2) is 18.2 Å². The molecule has 0 heterocycles. The molecule has 1 rings (SSSR count). The van der Waals surface area contributed by atoms with Crippen LogP contribution in [0.25, 0.3) is 0 Å². The Kier molecular flexibility index (Phi) is 6.31. The van der Waals surface area contributed by atoms with Crippen LogP contribution in [-0.4, -0.2) is 44.7 Å². The van der Waals surface area contributed by atoms with Crippen LogP contribution in [0.1, 0.15) is 18.9 Å². The van der Waals surface area contributed by atoms with Gasteiger partial charge in [0.1, 0.15) is 0 Å². The second-order valence-electron chi connectivity index (χ2n) is 4.93. The molecule has 0 radical (unpaired) electrons. The highest BCUT2D eigenvalue weighted by Crippen LogP contribution is 2.28. The normalized spacial score (nSPS) is 11.8. The van der Waals surface area contributed by atoms with E-state index in [0.29, 0.717) is 11.5 Å². The topological polar surface area (TPSA) is 64.8 Å². The smallest absolute Gasteiger partial charge is 0.259 e. The van der Waals surface area contributed by atoms with E-state index in [9.17, 15) is 4.79 Å². The molecule has 5 nitrogen and oxygen atoms in total. The Balaban J connectivity index is 2.75. The van der Waals surface area contributed by atoms with Gasteiger partial charge in [-0.25, -0.2) is 0 Å². The third kappa shape index (κ3) is 4.74. The zero-order valence-electron chi connectivity index (χ0n) is 12.7. The van der Waals surface area contributed by atoms with Crippen molar-refractivity contribution >= 4 is 5.91 Å². The molecule has 5 heteroatoms. The predicted octanol–water partition coefficient (Wildman–Crippen LogP) is 1.44. The molecule has 1 unspecified atom stereocenters. The molecule has 0 aromatic heterocycles. The van der Waals surface area contributed by atoms with E-state index in [1.165, 1.54) is 4.90 Å². The minimum absolute atomic E-state index is 0.00280. The number of benzene rings is 1. The Hall–Kier alpha value is -1.75. The lowest BCUT2D eigenvalue weighted by Gasteiger charge is -2.15. The van der Waals surface area contributed by atoms with Crippen molar-refractivity contribution in [1.82, 2.24) is 4.90 Å². The van der Waals surface area contributed by atoms with E-state index in [2.05, 4.69) is 6.92 Å². The molecule has 1 atom stereocenters. The number of amides is 1. The summed E-state index contributed by atoms with van der Waals surface area (Å²) < 4.78 is 10.8. The second-order valence-corrected chi connectivity index (χ2v) is 4.93. The van der Waals surface area contributed by atoms with Gasteiger partial charge in [-0.1, -0.05) is 13.0 Å². The lowest BCUT2D eigenvalue weighted by Crippen LogP contribution is -2.27. The van der Waals surface area contributed by atoms with Crippen molar-refractivity contribution in [2.24, 2.45) is 5.73 Å². The van der Waals surface area contributed by atoms with E-state index in [-0.39, 0.29) is 18.6 Å². The first-order valence-corrected chi connectivity index (χ1v) is 6.73. The fourth-order valence-corrected chi connectivity index (χ4v) is 1.67. The monoisotopic (exact) mass is 280 g/mol. The first-order chi connectivity index (χ1) is 9.47. The highest BCUT2D eigenvalue weighted by atomic mass is 16.5. The lowest BCUT2D eigenvalue weighted by atomic mass is 10.0. The van der Waals surface area contributed by atoms with Crippen LogP contribution in [-0.2, 0) is 11.2 Å². The van der Waals surface area contributed by atoms with Crippen LogP contribution >= 0.6 is 0 Å². The highest BCUT2D eigenvalue weighted by Gasteiger charge is 2.11. The predicted molar refractivity (Wildman–Crippen MR) is 79.2 cm³/mol. The van der Waals surface area contributed by atoms with Gasteiger partial charge in [-0.05, 0) is 30.5 Å². The summed E-state index contributed by atoms with van der Waals surface area (Å²) in [6.07, 6.45) is 1.72. The molecule has 1 aromatic rings. The van der Waals surface area contributed by atoms with Crippen molar-refractivity contribution in [2.45, 2.75) is 25.8 Å². The SMILES string of the molecule is CCC(N)Cc1ccc(OCC(=O)N(C)C)c(OC)c1. The van der Waals surface area contributed by atoms with Crippen LogP contribution in [0.5, 0.6) is 11.5 Å². The van der Waals surface area contributed by atoms with Gasteiger partial charge in [-0.15, -0.1) is 0 Å². The van der Waals surface area contributed by atoms with Gasteiger partial charge in [0.2, 0.25) is 0 Å². The van der Waals surface area contributed by atoms with Crippen LogP contribution in [0.4, 0.5) is 0 Å². The maximum atomic E-state index is 11.5. The van der Waals surface area contributed by atoms with Gasteiger partial charge < -0.3 is 20.1 Å². The van der Waals surface area contributed by atoms with Crippen LogP contribution in [0, 0.1) is 0 Å². The third-order valence-electron chi connectivity index (χ3n) is 3.10. The number of nitrogens with two attached hydrogens (primary N) is 1. The number of likely N-dealkylation sites (N-methyl/N-ethyl adjacent to an activating group) is 1. The number of carbonyl (C=O) groups excluding carboxylic acids is 1.